The lowest BCUT2D eigenvalue weighted by Gasteiger charge is -2.31. The zero-order valence-corrected chi connectivity index (χ0v) is 14.3. The monoisotopic (exact) mass is 352 g/mol. The van der Waals surface area contributed by atoms with E-state index in [4.69, 9.17) is 4.42 Å². The molecule has 134 valence electrons. The number of carbonyl (C=O) groups excluding carboxylic acids is 1. The Balaban J connectivity index is 1.39. The van der Waals surface area contributed by atoms with Crippen LogP contribution < -0.4 is 5.32 Å². The minimum Gasteiger partial charge on any atom is -0.472 e. The highest BCUT2D eigenvalue weighted by Gasteiger charge is 2.26. The van der Waals surface area contributed by atoms with E-state index in [2.05, 4.69) is 25.7 Å². The van der Waals surface area contributed by atoms with Crippen LogP contribution in [0.1, 0.15) is 18.4 Å². The molecule has 1 atom stereocenters. The van der Waals surface area contributed by atoms with Gasteiger partial charge in [-0.1, -0.05) is 6.07 Å². The summed E-state index contributed by atoms with van der Waals surface area (Å²) in [4.78, 5) is 15.0. The molecule has 3 heterocycles. The van der Waals surface area contributed by atoms with Gasteiger partial charge in [0.15, 0.2) is 0 Å². The predicted octanol–water partition coefficient (Wildman–Crippen LogP) is 2.11. The van der Waals surface area contributed by atoms with Crippen molar-refractivity contribution < 1.29 is 9.21 Å². The lowest BCUT2D eigenvalue weighted by molar-refractivity contribution is -0.121. The Morgan fingerprint density at radius 2 is 2.31 bits per heavy atom. The SMILES string of the molecule is O=C(Nc1cccc(-n2cnnn2)c1)C1CCCN(Cc2ccoc2)C1. The number of benzene rings is 1. The van der Waals surface area contributed by atoms with Crippen LogP contribution in [0.4, 0.5) is 5.69 Å². The Labute approximate surface area is 150 Å². The first-order chi connectivity index (χ1) is 12.8. The van der Waals surface area contributed by atoms with E-state index in [1.54, 1.807) is 17.2 Å². The molecule has 1 unspecified atom stereocenters. The van der Waals surface area contributed by atoms with E-state index < -0.39 is 0 Å². The molecule has 1 N–H and O–H groups in total. The number of furan rings is 1. The van der Waals surface area contributed by atoms with Crippen LogP contribution >= 0.6 is 0 Å². The van der Waals surface area contributed by atoms with Crippen LogP contribution in [0.5, 0.6) is 0 Å². The minimum absolute atomic E-state index is 0.0210. The van der Waals surface area contributed by atoms with Gasteiger partial charge in [-0.25, -0.2) is 4.68 Å². The zero-order valence-electron chi connectivity index (χ0n) is 14.3. The van der Waals surface area contributed by atoms with Crippen molar-refractivity contribution in [3.63, 3.8) is 0 Å². The third-order valence-corrected chi connectivity index (χ3v) is 4.59. The molecule has 1 fully saturated rings. The third-order valence-electron chi connectivity index (χ3n) is 4.59. The molecule has 4 rings (SSSR count). The van der Waals surface area contributed by atoms with Crippen molar-refractivity contribution >= 4 is 11.6 Å². The number of nitrogens with zero attached hydrogens (tertiary/aromatic N) is 5. The van der Waals surface area contributed by atoms with Gasteiger partial charge >= 0.3 is 0 Å². The van der Waals surface area contributed by atoms with E-state index in [9.17, 15) is 4.79 Å². The number of nitrogens with one attached hydrogen (secondary N) is 1. The molecule has 0 radical (unpaired) electrons. The van der Waals surface area contributed by atoms with E-state index in [1.165, 1.54) is 6.33 Å². The van der Waals surface area contributed by atoms with Crippen molar-refractivity contribution in [2.45, 2.75) is 19.4 Å². The van der Waals surface area contributed by atoms with Gasteiger partial charge in [0.1, 0.15) is 6.33 Å². The fraction of sp³-hybridized carbons (Fsp3) is 0.333. The highest BCUT2D eigenvalue weighted by Crippen LogP contribution is 2.21. The second-order valence-corrected chi connectivity index (χ2v) is 6.50. The average molecular weight is 352 g/mol. The molecule has 1 aliphatic heterocycles. The van der Waals surface area contributed by atoms with Gasteiger partial charge in [0, 0.05) is 24.3 Å². The Hall–Kier alpha value is -3.00. The summed E-state index contributed by atoms with van der Waals surface area (Å²) in [6.07, 6.45) is 6.88. The first-order valence-electron chi connectivity index (χ1n) is 8.65. The molecule has 3 aromatic rings. The maximum absolute atomic E-state index is 12.7. The van der Waals surface area contributed by atoms with Crippen molar-refractivity contribution in [3.05, 3.63) is 54.7 Å². The number of piperidine rings is 1. The van der Waals surface area contributed by atoms with Crippen LogP contribution in [0.25, 0.3) is 5.69 Å². The first kappa shape index (κ1) is 16.5. The van der Waals surface area contributed by atoms with Crippen molar-refractivity contribution in [1.82, 2.24) is 25.1 Å². The maximum Gasteiger partial charge on any atom is 0.228 e. The predicted molar refractivity (Wildman–Crippen MR) is 94.5 cm³/mol. The fourth-order valence-corrected chi connectivity index (χ4v) is 3.30. The summed E-state index contributed by atoms with van der Waals surface area (Å²) in [7, 11) is 0. The molecule has 1 saturated heterocycles. The van der Waals surface area contributed by atoms with Gasteiger partial charge in [-0.15, -0.1) is 5.10 Å². The van der Waals surface area contributed by atoms with E-state index in [0.29, 0.717) is 0 Å². The van der Waals surface area contributed by atoms with E-state index in [-0.39, 0.29) is 11.8 Å². The van der Waals surface area contributed by atoms with Gasteiger partial charge in [-0.05, 0) is 54.1 Å². The molecule has 1 amide bonds. The minimum atomic E-state index is -0.0210. The Morgan fingerprint density at radius 1 is 1.35 bits per heavy atom. The highest BCUT2D eigenvalue weighted by atomic mass is 16.3. The van der Waals surface area contributed by atoms with Gasteiger partial charge in [0.25, 0.3) is 0 Å². The highest BCUT2D eigenvalue weighted by molar-refractivity contribution is 5.93. The topological polar surface area (TPSA) is 89.1 Å². The molecule has 0 spiro atoms. The smallest absolute Gasteiger partial charge is 0.228 e. The maximum atomic E-state index is 12.7. The summed E-state index contributed by atoms with van der Waals surface area (Å²) >= 11 is 0. The summed E-state index contributed by atoms with van der Waals surface area (Å²) < 4.78 is 6.69. The number of hydrogen-bond acceptors (Lipinski definition) is 6. The first-order valence-corrected chi connectivity index (χ1v) is 8.65. The van der Waals surface area contributed by atoms with Gasteiger partial charge in [0.2, 0.25) is 5.91 Å². The van der Waals surface area contributed by atoms with Gasteiger partial charge in [0.05, 0.1) is 24.1 Å². The number of anilines is 1. The second kappa shape index (κ2) is 7.49. The third kappa shape index (κ3) is 3.80. The summed E-state index contributed by atoms with van der Waals surface area (Å²) in [5.41, 5.74) is 2.69. The van der Waals surface area contributed by atoms with Crippen LogP contribution in [-0.4, -0.2) is 44.1 Å². The van der Waals surface area contributed by atoms with Gasteiger partial charge in [-0.3, -0.25) is 9.69 Å². The molecular weight excluding hydrogens is 332 g/mol. The fourth-order valence-electron chi connectivity index (χ4n) is 3.30. The van der Waals surface area contributed by atoms with Crippen LogP contribution in [0.15, 0.2) is 53.6 Å². The number of carbonyl (C=O) groups is 1. The Kier molecular flexibility index (Phi) is 4.74. The molecule has 8 heteroatoms. The molecule has 26 heavy (non-hydrogen) atoms. The second-order valence-electron chi connectivity index (χ2n) is 6.50. The Bertz CT molecular complexity index is 846. The summed E-state index contributed by atoms with van der Waals surface area (Å²) in [6, 6.07) is 9.46. The molecule has 1 aromatic carbocycles. The van der Waals surface area contributed by atoms with E-state index in [1.807, 2.05) is 30.3 Å². The number of tetrazole rings is 1. The Morgan fingerprint density at radius 3 is 3.12 bits per heavy atom. The molecule has 1 aliphatic rings. The molecule has 0 aliphatic carbocycles. The van der Waals surface area contributed by atoms with Crippen molar-refractivity contribution in [2.75, 3.05) is 18.4 Å². The van der Waals surface area contributed by atoms with Crippen LogP contribution in [-0.2, 0) is 11.3 Å². The standard InChI is InChI=1S/C18H20N6O2/c25-18(15-3-2-7-23(11-15)10-14-6-8-26-12-14)20-16-4-1-5-17(9-16)24-13-19-21-22-24/h1,4-6,8-9,12-13,15H,2-3,7,10-11H2,(H,20,25). The zero-order chi connectivity index (χ0) is 17.8. The number of likely N-dealkylation sites (tertiary alicyclic amines) is 1. The molecular formula is C18H20N6O2. The lowest BCUT2D eigenvalue weighted by atomic mass is 9.96. The van der Waals surface area contributed by atoms with Crippen LogP contribution in [0.3, 0.4) is 0 Å². The number of amides is 1. The van der Waals surface area contributed by atoms with E-state index >= 15 is 0 Å². The normalized spacial score (nSPS) is 17.9. The number of rotatable bonds is 5. The van der Waals surface area contributed by atoms with Crippen molar-refractivity contribution in [1.29, 1.82) is 0 Å². The quantitative estimate of drug-likeness (QED) is 0.756. The lowest BCUT2D eigenvalue weighted by Crippen LogP contribution is -2.40. The molecule has 2 aromatic heterocycles. The van der Waals surface area contributed by atoms with Gasteiger partial charge < -0.3 is 9.73 Å². The van der Waals surface area contributed by atoms with E-state index in [0.717, 1.165) is 49.4 Å². The van der Waals surface area contributed by atoms with Crippen molar-refractivity contribution in [3.8, 4) is 5.69 Å². The van der Waals surface area contributed by atoms with Crippen molar-refractivity contribution in [2.24, 2.45) is 5.92 Å². The number of hydrogen-bond donors (Lipinski definition) is 1. The summed E-state index contributed by atoms with van der Waals surface area (Å²) in [6.45, 7) is 2.57. The van der Waals surface area contributed by atoms with Crippen LogP contribution in [0.2, 0.25) is 0 Å². The average Bonchev–Trinajstić information content (AvgIpc) is 3.36. The largest absolute Gasteiger partial charge is 0.472 e. The summed E-state index contributed by atoms with van der Waals surface area (Å²) in [5.74, 6) is 0.0307. The van der Waals surface area contributed by atoms with Crippen LogP contribution in [0, 0.1) is 5.92 Å². The number of aromatic nitrogens is 4. The molecule has 8 nitrogen and oxygen atoms in total. The van der Waals surface area contributed by atoms with Gasteiger partial charge in [-0.2, -0.15) is 0 Å². The summed E-state index contributed by atoms with van der Waals surface area (Å²) in [5, 5.41) is 14.2. The molecule has 0 saturated carbocycles. The molecule has 0 bridgehead atoms.